The number of nitrogens with one attached hydrogen (secondary N) is 1. The molecule has 0 aliphatic rings. The van der Waals surface area contributed by atoms with E-state index in [1.165, 1.54) is 0 Å². The molecule has 0 aliphatic heterocycles. The molecule has 0 atom stereocenters. The number of nitrogens with zero attached hydrogens (tertiary/aromatic N) is 1. The lowest BCUT2D eigenvalue weighted by Gasteiger charge is -2.11. The monoisotopic (exact) mass is 194 g/mol. The molecule has 14 heavy (non-hydrogen) atoms. The molecular formula is C11H18N2O. The van der Waals surface area contributed by atoms with Gasteiger partial charge < -0.3 is 15.0 Å². The van der Waals surface area contributed by atoms with Crippen molar-refractivity contribution in [3.05, 3.63) is 24.3 Å². The van der Waals surface area contributed by atoms with E-state index < -0.39 is 0 Å². The van der Waals surface area contributed by atoms with Gasteiger partial charge in [0.2, 0.25) is 0 Å². The fourth-order valence-electron chi connectivity index (χ4n) is 1.16. The van der Waals surface area contributed by atoms with Crippen molar-refractivity contribution in [2.75, 3.05) is 39.6 Å². The fourth-order valence-corrected chi connectivity index (χ4v) is 1.16. The normalized spacial score (nSPS) is 10.3. The maximum absolute atomic E-state index is 5.13. The summed E-state index contributed by atoms with van der Waals surface area (Å²) in [6.45, 7) is 1.97. The van der Waals surface area contributed by atoms with Crippen LogP contribution in [0.25, 0.3) is 0 Å². The highest BCUT2D eigenvalue weighted by Crippen LogP contribution is 2.16. The number of benzene rings is 1. The van der Waals surface area contributed by atoms with Gasteiger partial charge >= 0.3 is 0 Å². The lowest BCUT2D eigenvalue weighted by Crippen LogP contribution is -2.20. The van der Waals surface area contributed by atoms with Crippen LogP contribution in [0, 0.1) is 0 Å². The van der Waals surface area contributed by atoms with Gasteiger partial charge in [-0.1, -0.05) is 6.07 Å². The van der Waals surface area contributed by atoms with Crippen LogP contribution in [0.5, 0.6) is 5.75 Å². The van der Waals surface area contributed by atoms with Crippen molar-refractivity contribution in [2.45, 2.75) is 0 Å². The van der Waals surface area contributed by atoms with Crippen LogP contribution in [-0.2, 0) is 0 Å². The highest BCUT2D eigenvalue weighted by molar-refractivity contribution is 5.48. The number of hydrogen-bond donors (Lipinski definition) is 1. The first-order valence-electron chi connectivity index (χ1n) is 4.75. The molecule has 0 spiro atoms. The standard InChI is InChI=1S/C11H18N2O/c1-13(2)8-7-12-10-5-4-6-11(9-10)14-3/h4-6,9,12H,7-8H2,1-3H3. The molecule has 0 amide bonds. The van der Waals surface area contributed by atoms with Gasteiger partial charge in [-0.2, -0.15) is 0 Å². The van der Waals surface area contributed by atoms with Gasteiger partial charge in [0.25, 0.3) is 0 Å². The van der Waals surface area contributed by atoms with Crippen LogP contribution in [0.2, 0.25) is 0 Å². The Morgan fingerprint density at radius 3 is 2.79 bits per heavy atom. The third kappa shape index (κ3) is 3.66. The first kappa shape index (κ1) is 10.9. The maximum atomic E-state index is 5.13. The van der Waals surface area contributed by atoms with Gasteiger partial charge in [-0.15, -0.1) is 0 Å². The Hall–Kier alpha value is -1.22. The van der Waals surface area contributed by atoms with Gasteiger partial charge in [0, 0.05) is 24.8 Å². The maximum Gasteiger partial charge on any atom is 0.120 e. The first-order chi connectivity index (χ1) is 6.72. The van der Waals surface area contributed by atoms with Crippen LogP contribution in [0.4, 0.5) is 5.69 Å². The van der Waals surface area contributed by atoms with Crippen LogP contribution < -0.4 is 10.1 Å². The number of methoxy groups -OCH3 is 1. The van der Waals surface area contributed by atoms with E-state index in [0.717, 1.165) is 24.5 Å². The summed E-state index contributed by atoms with van der Waals surface area (Å²) in [5.41, 5.74) is 1.10. The molecule has 0 saturated heterocycles. The number of hydrogen-bond acceptors (Lipinski definition) is 3. The smallest absolute Gasteiger partial charge is 0.120 e. The van der Waals surface area contributed by atoms with Gasteiger partial charge in [0.1, 0.15) is 5.75 Å². The van der Waals surface area contributed by atoms with Gasteiger partial charge in [-0.25, -0.2) is 0 Å². The Morgan fingerprint density at radius 2 is 2.14 bits per heavy atom. The minimum Gasteiger partial charge on any atom is -0.497 e. The van der Waals surface area contributed by atoms with Crippen LogP contribution in [0.15, 0.2) is 24.3 Å². The molecule has 1 N–H and O–H groups in total. The third-order valence-electron chi connectivity index (χ3n) is 1.96. The van der Waals surface area contributed by atoms with E-state index in [1.54, 1.807) is 7.11 Å². The third-order valence-corrected chi connectivity index (χ3v) is 1.96. The molecule has 0 aliphatic carbocycles. The lowest BCUT2D eigenvalue weighted by molar-refractivity contribution is 0.414. The molecule has 0 unspecified atom stereocenters. The minimum absolute atomic E-state index is 0.889. The summed E-state index contributed by atoms with van der Waals surface area (Å²) >= 11 is 0. The molecule has 0 bridgehead atoms. The van der Waals surface area contributed by atoms with Gasteiger partial charge in [0.15, 0.2) is 0 Å². The molecule has 0 fully saturated rings. The summed E-state index contributed by atoms with van der Waals surface area (Å²) < 4.78 is 5.13. The van der Waals surface area contributed by atoms with Crippen molar-refractivity contribution in [3.63, 3.8) is 0 Å². The minimum atomic E-state index is 0.889. The number of likely N-dealkylation sites (N-methyl/N-ethyl adjacent to an activating group) is 1. The summed E-state index contributed by atoms with van der Waals surface area (Å²) in [5.74, 6) is 0.889. The van der Waals surface area contributed by atoms with E-state index in [4.69, 9.17) is 4.74 Å². The van der Waals surface area contributed by atoms with E-state index in [2.05, 4.69) is 24.3 Å². The molecule has 0 radical (unpaired) electrons. The van der Waals surface area contributed by atoms with Crippen LogP contribution in [0.3, 0.4) is 0 Å². The number of anilines is 1. The van der Waals surface area contributed by atoms with Gasteiger partial charge in [-0.05, 0) is 26.2 Å². The molecule has 1 aromatic rings. The Balaban J connectivity index is 2.42. The summed E-state index contributed by atoms with van der Waals surface area (Å²) in [6, 6.07) is 7.96. The highest BCUT2D eigenvalue weighted by atomic mass is 16.5. The second-order valence-electron chi connectivity index (χ2n) is 3.46. The van der Waals surface area contributed by atoms with E-state index in [1.807, 2.05) is 24.3 Å². The Labute approximate surface area is 85.7 Å². The fraction of sp³-hybridized carbons (Fsp3) is 0.455. The summed E-state index contributed by atoms with van der Waals surface area (Å²) in [4.78, 5) is 2.15. The van der Waals surface area contributed by atoms with Crippen LogP contribution in [-0.4, -0.2) is 39.2 Å². The average Bonchev–Trinajstić information content (AvgIpc) is 2.18. The van der Waals surface area contributed by atoms with Crippen molar-refractivity contribution in [2.24, 2.45) is 0 Å². The van der Waals surface area contributed by atoms with Crippen molar-refractivity contribution in [1.29, 1.82) is 0 Å². The van der Waals surface area contributed by atoms with Crippen LogP contribution >= 0.6 is 0 Å². The molecule has 3 heteroatoms. The predicted molar refractivity (Wildman–Crippen MR) is 60.0 cm³/mol. The quantitative estimate of drug-likeness (QED) is 0.771. The Morgan fingerprint density at radius 1 is 1.36 bits per heavy atom. The SMILES string of the molecule is COc1cccc(NCCN(C)C)c1. The second-order valence-corrected chi connectivity index (χ2v) is 3.46. The second kappa shape index (κ2) is 5.50. The first-order valence-corrected chi connectivity index (χ1v) is 4.75. The molecule has 0 saturated carbocycles. The molecule has 1 rings (SSSR count). The van der Waals surface area contributed by atoms with E-state index in [-0.39, 0.29) is 0 Å². The summed E-state index contributed by atoms with van der Waals surface area (Å²) in [7, 11) is 5.81. The predicted octanol–water partition coefficient (Wildman–Crippen LogP) is 1.67. The van der Waals surface area contributed by atoms with Gasteiger partial charge in [0.05, 0.1) is 7.11 Å². The zero-order chi connectivity index (χ0) is 10.4. The summed E-state index contributed by atoms with van der Waals surface area (Å²) in [5, 5.41) is 3.33. The van der Waals surface area contributed by atoms with Gasteiger partial charge in [-0.3, -0.25) is 0 Å². The molecule has 3 nitrogen and oxygen atoms in total. The molecule has 0 heterocycles. The zero-order valence-electron chi connectivity index (χ0n) is 9.08. The van der Waals surface area contributed by atoms with Crippen LogP contribution in [0.1, 0.15) is 0 Å². The van der Waals surface area contributed by atoms with E-state index >= 15 is 0 Å². The molecular weight excluding hydrogens is 176 g/mol. The lowest BCUT2D eigenvalue weighted by atomic mass is 10.3. The summed E-state index contributed by atoms with van der Waals surface area (Å²) in [6.07, 6.45) is 0. The topological polar surface area (TPSA) is 24.5 Å². The van der Waals surface area contributed by atoms with Crippen molar-refractivity contribution in [3.8, 4) is 5.75 Å². The van der Waals surface area contributed by atoms with Crippen molar-refractivity contribution in [1.82, 2.24) is 4.90 Å². The highest BCUT2D eigenvalue weighted by Gasteiger charge is 1.94. The average molecular weight is 194 g/mol. The van der Waals surface area contributed by atoms with Crippen molar-refractivity contribution < 1.29 is 4.74 Å². The van der Waals surface area contributed by atoms with E-state index in [9.17, 15) is 0 Å². The van der Waals surface area contributed by atoms with E-state index in [0.29, 0.717) is 0 Å². The Kier molecular flexibility index (Phi) is 4.26. The number of ether oxygens (including phenoxy) is 1. The largest absolute Gasteiger partial charge is 0.497 e. The Bertz CT molecular complexity index is 274. The number of rotatable bonds is 5. The molecule has 1 aromatic carbocycles. The molecule has 0 aromatic heterocycles. The molecule has 78 valence electrons. The zero-order valence-corrected chi connectivity index (χ0v) is 9.08. The van der Waals surface area contributed by atoms with Crippen molar-refractivity contribution >= 4 is 5.69 Å².